The molecule has 0 radical (unpaired) electrons. The lowest BCUT2D eigenvalue weighted by atomic mass is 10.2. The van der Waals surface area contributed by atoms with Gasteiger partial charge < -0.3 is 15.4 Å². The van der Waals surface area contributed by atoms with Crippen LogP contribution >= 0.6 is 0 Å². The normalized spacial score (nSPS) is 10.2. The van der Waals surface area contributed by atoms with Gasteiger partial charge in [0.2, 0.25) is 5.91 Å². The number of amides is 1. The third-order valence-corrected chi connectivity index (χ3v) is 3.18. The summed E-state index contributed by atoms with van der Waals surface area (Å²) in [5.74, 6) is 0.847. The van der Waals surface area contributed by atoms with Gasteiger partial charge in [-0.3, -0.25) is 4.79 Å². The summed E-state index contributed by atoms with van der Waals surface area (Å²) in [6.07, 6.45) is 0. The average molecular weight is 298 g/mol. The summed E-state index contributed by atoms with van der Waals surface area (Å²) in [4.78, 5) is 11.4. The number of hydrogen-bond acceptors (Lipinski definition) is 3. The van der Waals surface area contributed by atoms with Gasteiger partial charge >= 0.3 is 0 Å². The molecular weight excluding hydrogens is 276 g/mol. The minimum Gasteiger partial charge on any atom is -0.489 e. The van der Waals surface area contributed by atoms with Crippen molar-refractivity contribution >= 4 is 5.91 Å². The maximum atomic E-state index is 11.4. The molecule has 0 bridgehead atoms. The van der Waals surface area contributed by atoms with E-state index in [4.69, 9.17) is 4.74 Å². The van der Waals surface area contributed by atoms with E-state index in [9.17, 15) is 4.79 Å². The number of likely N-dealkylation sites (N-methyl/N-ethyl adjacent to an activating group) is 1. The van der Waals surface area contributed by atoms with E-state index >= 15 is 0 Å². The van der Waals surface area contributed by atoms with E-state index in [1.54, 1.807) is 0 Å². The summed E-state index contributed by atoms with van der Waals surface area (Å²) >= 11 is 0. The second-order valence-corrected chi connectivity index (χ2v) is 4.94. The fourth-order valence-corrected chi connectivity index (χ4v) is 2.10. The lowest BCUT2D eigenvalue weighted by Gasteiger charge is -2.12. The fraction of sp³-hybridized carbons (Fsp3) is 0.278. The van der Waals surface area contributed by atoms with E-state index in [1.807, 2.05) is 61.5 Å². The molecule has 4 nitrogen and oxygen atoms in total. The highest BCUT2D eigenvalue weighted by atomic mass is 16.5. The number of ether oxygens (including phenoxy) is 1. The van der Waals surface area contributed by atoms with Crippen molar-refractivity contribution in [1.29, 1.82) is 0 Å². The zero-order valence-electron chi connectivity index (χ0n) is 12.8. The number of nitrogens with one attached hydrogen (secondary N) is 2. The first-order valence-electron chi connectivity index (χ1n) is 7.51. The molecule has 4 heteroatoms. The molecule has 0 atom stereocenters. The van der Waals surface area contributed by atoms with Crippen molar-refractivity contribution < 1.29 is 9.53 Å². The zero-order chi connectivity index (χ0) is 15.6. The Kier molecular flexibility index (Phi) is 6.45. The number of rotatable bonds is 8. The third-order valence-electron chi connectivity index (χ3n) is 3.18. The first-order valence-corrected chi connectivity index (χ1v) is 7.51. The molecule has 2 N–H and O–H groups in total. The third kappa shape index (κ3) is 5.22. The van der Waals surface area contributed by atoms with Crippen LogP contribution in [0.2, 0.25) is 0 Å². The predicted molar refractivity (Wildman–Crippen MR) is 87.6 cm³/mol. The predicted octanol–water partition coefficient (Wildman–Crippen LogP) is 2.49. The van der Waals surface area contributed by atoms with E-state index in [2.05, 4.69) is 10.6 Å². The molecule has 0 aliphatic rings. The van der Waals surface area contributed by atoms with Gasteiger partial charge in [-0.2, -0.15) is 0 Å². The van der Waals surface area contributed by atoms with E-state index < -0.39 is 0 Å². The Morgan fingerprint density at radius 3 is 2.55 bits per heavy atom. The zero-order valence-corrected chi connectivity index (χ0v) is 12.8. The van der Waals surface area contributed by atoms with Gasteiger partial charge in [0.15, 0.2) is 0 Å². The number of carbonyl (C=O) groups is 1. The second kappa shape index (κ2) is 8.85. The Balaban J connectivity index is 1.88. The SMILES string of the molecule is CCNC(=O)CNCc1ccccc1OCc1ccccc1. The van der Waals surface area contributed by atoms with E-state index in [0.717, 1.165) is 16.9 Å². The largest absolute Gasteiger partial charge is 0.489 e. The van der Waals surface area contributed by atoms with Crippen LogP contribution in [0.5, 0.6) is 5.75 Å². The van der Waals surface area contributed by atoms with Crippen molar-refractivity contribution in [3.63, 3.8) is 0 Å². The molecule has 0 heterocycles. The molecule has 2 rings (SSSR count). The molecule has 116 valence electrons. The monoisotopic (exact) mass is 298 g/mol. The Morgan fingerprint density at radius 1 is 1.05 bits per heavy atom. The van der Waals surface area contributed by atoms with Gasteiger partial charge in [-0.05, 0) is 18.6 Å². The van der Waals surface area contributed by atoms with Crippen molar-refractivity contribution in [3.05, 3.63) is 65.7 Å². The molecule has 0 saturated carbocycles. The molecule has 2 aromatic rings. The van der Waals surface area contributed by atoms with Crippen molar-refractivity contribution in [2.24, 2.45) is 0 Å². The Labute approximate surface area is 131 Å². The number of para-hydroxylation sites is 1. The molecule has 0 aromatic heterocycles. The lowest BCUT2D eigenvalue weighted by Crippen LogP contribution is -2.33. The summed E-state index contributed by atoms with van der Waals surface area (Å²) in [7, 11) is 0. The van der Waals surface area contributed by atoms with Gasteiger partial charge in [0.1, 0.15) is 12.4 Å². The molecule has 0 unspecified atom stereocenters. The minimum absolute atomic E-state index is 0.00480. The first-order chi connectivity index (χ1) is 10.8. The molecule has 0 fully saturated rings. The second-order valence-electron chi connectivity index (χ2n) is 4.94. The van der Waals surface area contributed by atoms with E-state index in [-0.39, 0.29) is 5.91 Å². The molecule has 1 amide bonds. The molecule has 2 aromatic carbocycles. The Hall–Kier alpha value is -2.33. The van der Waals surface area contributed by atoms with Crippen molar-refractivity contribution in [1.82, 2.24) is 10.6 Å². The fourth-order valence-electron chi connectivity index (χ4n) is 2.10. The number of carbonyl (C=O) groups excluding carboxylic acids is 1. The van der Waals surface area contributed by atoms with Crippen LogP contribution in [-0.2, 0) is 17.9 Å². The number of benzene rings is 2. The van der Waals surface area contributed by atoms with E-state index in [0.29, 0.717) is 26.2 Å². The summed E-state index contributed by atoms with van der Waals surface area (Å²) in [5, 5.41) is 5.89. The summed E-state index contributed by atoms with van der Waals surface area (Å²) in [5.41, 5.74) is 2.18. The van der Waals surface area contributed by atoms with Crippen LogP contribution in [0.1, 0.15) is 18.1 Å². The van der Waals surface area contributed by atoms with Crippen LogP contribution in [0.15, 0.2) is 54.6 Å². The highest BCUT2D eigenvalue weighted by Gasteiger charge is 2.04. The molecule has 0 spiro atoms. The lowest BCUT2D eigenvalue weighted by molar-refractivity contribution is -0.120. The highest BCUT2D eigenvalue weighted by molar-refractivity contribution is 5.77. The van der Waals surface area contributed by atoms with Gasteiger partial charge in [0, 0.05) is 18.7 Å². The van der Waals surface area contributed by atoms with Crippen molar-refractivity contribution in [2.45, 2.75) is 20.1 Å². The Bertz CT molecular complexity index is 585. The van der Waals surface area contributed by atoms with Gasteiger partial charge in [-0.15, -0.1) is 0 Å². The molecular formula is C18H22N2O2. The molecule has 0 saturated heterocycles. The topological polar surface area (TPSA) is 50.4 Å². The molecule has 22 heavy (non-hydrogen) atoms. The van der Waals surface area contributed by atoms with Crippen LogP contribution in [0.4, 0.5) is 0 Å². The summed E-state index contributed by atoms with van der Waals surface area (Å²) < 4.78 is 5.89. The minimum atomic E-state index is 0.00480. The summed E-state index contributed by atoms with van der Waals surface area (Å²) in [6, 6.07) is 17.9. The quantitative estimate of drug-likeness (QED) is 0.787. The molecule has 0 aliphatic carbocycles. The van der Waals surface area contributed by atoms with Crippen molar-refractivity contribution in [2.75, 3.05) is 13.1 Å². The first kappa shape index (κ1) is 16.0. The Morgan fingerprint density at radius 2 is 1.77 bits per heavy atom. The highest BCUT2D eigenvalue weighted by Crippen LogP contribution is 2.19. The van der Waals surface area contributed by atoms with E-state index in [1.165, 1.54) is 0 Å². The smallest absolute Gasteiger partial charge is 0.233 e. The van der Waals surface area contributed by atoms with Crippen LogP contribution in [0.3, 0.4) is 0 Å². The average Bonchev–Trinajstić information content (AvgIpc) is 2.55. The van der Waals surface area contributed by atoms with Crippen LogP contribution in [0.25, 0.3) is 0 Å². The number of hydrogen-bond donors (Lipinski definition) is 2. The van der Waals surface area contributed by atoms with Crippen molar-refractivity contribution in [3.8, 4) is 5.75 Å². The van der Waals surface area contributed by atoms with Crippen LogP contribution in [-0.4, -0.2) is 19.0 Å². The van der Waals surface area contributed by atoms with Gasteiger partial charge in [-0.25, -0.2) is 0 Å². The van der Waals surface area contributed by atoms with Crippen LogP contribution < -0.4 is 15.4 Å². The van der Waals surface area contributed by atoms with Gasteiger partial charge in [-0.1, -0.05) is 48.5 Å². The standard InChI is InChI=1S/C18H22N2O2/c1-2-20-18(21)13-19-12-16-10-6-7-11-17(16)22-14-15-8-4-3-5-9-15/h3-11,19H,2,12-14H2,1H3,(H,20,21). The summed E-state index contributed by atoms with van der Waals surface area (Å²) in [6.45, 7) is 4.00. The van der Waals surface area contributed by atoms with Gasteiger partial charge in [0.05, 0.1) is 6.54 Å². The molecule has 0 aliphatic heterocycles. The maximum Gasteiger partial charge on any atom is 0.233 e. The van der Waals surface area contributed by atoms with Gasteiger partial charge in [0.25, 0.3) is 0 Å². The maximum absolute atomic E-state index is 11.4. The van der Waals surface area contributed by atoms with Crippen LogP contribution in [0, 0.1) is 0 Å².